The molecule has 0 saturated heterocycles. The lowest BCUT2D eigenvalue weighted by Gasteiger charge is -2.27. The molecular weight excluding hydrogens is 543 g/mol. The molecule has 12 heteroatoms. The Hall–Kier alpha value is -3.77. The van der Waals surface area contributed by atoms with Gasteiger partial charge in [0.05, 0.1) is 12.1 Å². The van der Waals surface area contributed by atoms with Crippen LogP contribution in [0.15, 0.2) is 52.7 Å². The van der Waals surface area contributed by atoms with Crippen LogP contribution < -0.4 is 20.3 Å². The molecule has 1 saturated carbocycles. The highest BCUT2D eigenvalue weighted by Gasteiger charge is 2.34. The number of amides is 4. The van der Waals surface area contributed by atoms with E-state index in [0.29, 0.717) is 17.0 Å². The number of nitrogens with one attached hydrogen (secondary N) is 3. The van der Waals surface area contributed by atoms with E-state index >= 15 is 4.39 Å². The molecule has 0 atom stereocenters. The number of nitrogens with zero attached hydrogens (tertiary/aromatic N) is 1. The van der Waals surface area contributed by atoms with Crippen molar-refractivity contribution >= 4 is 56.3 Å². The summed E-state index contributed by atoms with van der Waals surface area (Å²) >= 11 is 1.00. The number of carbonyl (C=O) groups is 3. The van der Waals surface area contributed by atoms with Gasteiger partial charge < -0.3 is 10.6 Å². The number of anilines is 3. The molecule has 3 aromatic rings. The molecule has 1 fully saturated rings. The summed E-state index contributed by atoms with van der Waals surface area (Å²) in [4.78, 5) is 39.7. The number of imide groups is 1. The van der Waals surface area contributed by atoms with Gasteiger partial charge in [0.25, 0.3) is 15.9 Å². The molecule has 1 aliphatic heterocycles. The Bertz CT molecular complexity index is 1530. The van der Waals surface area contributed by atoms with Gasteiger partial charge in [0.2, 0.25) is 5.91 Å². The molecule has 3 N–H and O–H groups in total. The Morgan fingerprint density at radius 1 is 1.05 bits per heavy atom. The molecular formula is C27H29FN4O5S2. The van der Waals surface area contributed by atoms with Gasteiger partial charge in [-0.25, -0.2) is 27.2 Å². The van der Waals surface area contributed by atoms with Gasteiger partial charge in [-0.1, -0.05) is 13.8 Å². The van der Waals surface area contributed by atoms with Crippen LogP contribution >= 0.6 is 11.3 Å². The van der Waals surface area contributed by atoms with Crippen molar-refractivity contribution in [3.63, 3.8) is 0 Å². The Balaban J connectivity index is 0.00000172. The van der Waals surface area contributed by atoms with Crippen molar-refractivity contribution in [2.45, 2.75) is 44.2 Å². The zero-order valence-corrected chi connectivity index (χ0v) is 23.3. The smallest absolute Gasteiger partial charge is 0.333 e. The molecule has 1 aliphatic carbocycles. The molecule has 2 aliphatic rings. The normalized spacial score (nSPS) is 14.7. The highest BCUT2D eigenvalue weighted by molar-refractivity contribution is 7.92. The summed E-state index contributed by atoms with van der Waals surface area (Å²) in [6.45, 7) is 6.57. The van der Waals surface area contributed by atoms with E-state index in [1.165, 1.54) is 31.0 Å². The summed E-state index contributed by atoms with van der Waals surface area (Å²) in [5.41, 5.74) is 1.40. The van der Waals surface area contributed by atoms with E-state index in [9.17, 15) is 22.8 Å². The number of hydrogen-bond acceptors (Lipinski definition) is 7. The Morgan fingerprint density at radius 3 is 2.41 bits per heavy atom. The fourth-order valence-corrected chi connectivity index (χ4v) is 6.20. The minimum absolute atomic E-state index is 0.0325. The highest BCUT2D eigenvalue weighted by Crippen LogP contribution is 2.32. The largest absolute Gasteiger partial charge is 0.385 e. The van der Waals surface area contributed by atoms with Gasteiger partial charge in [0.1, 0.15) is 10.0 Å². The number of urea groups is 1. The lowest BCUT2D eigenvalue weighted by molar-refractivity contribution is -0.117. The molecule has 0 unspecified atom stereocenters. The summed E-state index contributed by atoms with van der Waals surface area (Å²) in [5.74, 6) is -1.49. The third-order valence-electron chi connectivity index (χ3n) is 6.08. The average molecular weight is 573 g/mol. The Morgan fingerprint density at radius 2 is 1.77 bits per heavy atom. The van der Waals surface area contributed by atoms with Crippen molar-refractivity contribution in [1.29, 1.82) is 0 Å². The van der Waals surface area contributed by atoms with Crippen LogP contribution in [0.4, 0.5) is 26.2 Å². The van der Waals surface area contributed by atoms with Crippen molar-refractivity contribution in [2.24, 2.45) is 5.92 Å². The van der Waals surface area contributed by atoms with E-state index in [-0.39, 0.29) is 22.0 Å². The highest BCUT2D eigenvalue weighted by atomic mass is 32.2. The number of fused-ring (bicyclic) bond motifs is 1. The van der Waals surface area contributed by atoms with E-state index in [1.807, 2.05) is 18.6 Å². The second kappa shape index (κ2) is 11.5. The molecule has 2 aromatic carbocycles. The quantitative estimate of drug-likeness (QED) is 0.331. The first kappa shape index (κ1) is 28.2. The van der Waals surface area contributed by atoms with Crippen LogP contribution in [0.25, 0.3) is 0 Å². The molecule has 39 heavy (non-hydrogen) atoms. The molecule has 1 aromatic heterocycles. The van der Waals surface area contributed by atoms with Crippen LogP contribution in [0.3, 0.4) is 0 Å². The van der Waals surface area contributed by atoms with Gasteiger partial charge in [-0.3, -0.25) is 9.59 Å². The maximum absolute atomic E-state index is 15.0. The van der Waals surface area contributed by atoms with Gasteiger partial charge in [0.15, 0.2) is 0 Å². The van der Waals surface area contributed by atoms with Crippen molar-refractivity contribution in [3.05, 3.63) is 70.4 Å². The van der Waals surface area contributed by atoms with Gasteiger partial charge >= 0.3 is 6.03 Å². The molecule has 9 nitrogen and oxygen atoms in total. The maximum Gasteiger partial charge on any atom is 0.333 e. The van der Waals surface area contributed by atoms with E-state index in [1.54, 1.807) is 31.2 Å². The van der Waals surface area contributed by atoms with Crippen molar-refractivity contribution < 1.29 is 27.2 Å². The summed E-state index contributed by atoms with van der Waals surface area (Å²) in [6.07, 6.45) is 2.33. The average Bonchev–Trinajstić information content (AvgIpc) is 3.61. The van der Waals surface area contributed by atoms with Crippen LogP contribution in [0, 0.1) is 18.7 Å². The molecule has 0 spiro atoms. The summed E-state index contributed by atoms with van der Waals surface area (Å²) < 4.78 is 41.5. The number of thiophene rings is 1. The molecule has 5 rings (SSSR count). The summed E-state index contributed by atoms with van der Waals surface area (Å²) in [6, 6.07) is 10.5. The third kappa shape index (κ3) is 6.45. The zero-order chi connectivity index (χ0) is 28.3. The number of aryl methyl sites for hydroxylation is 1. The number of rotatable bonds is 7. The predicted molar refractivity (Wildman–Crippen MR) is 149 cm³/mol. The van der Waals surface area contributed by atoms with Gasteiger partial charge in [-0.2, -0.15) is 0 Å². The van der Waals surface area contributed by atoms with E-state index in [2.05, 4.69) is 10.6 Å². The van der Waals surface area contributed by atoms with Crippen molar-refractivity contribution in [3.8, 4) is 0 Å². The second-order valence-corrected chi connectivity index (χ2v) is 12.2. The summed E-state index contributed by atoms with van der Waals surface area (Å²) in [5, 5.41) is 5.57. The van der Waals surface area contributed by atoms with E-state index < -0.39 is 33.7 Å². The Kier molecular flexibility index (Phi) is 8.36. The standard InChI is InChI=1S/C25H23FN4O5S2.C2H6/c1-14-2-9-23(36-14)37(34,35)29-25(33)28-18-6-8-21(20(26)12-18)30-22(31)11-16-10-17(27-13-15-3-4-15)5-7-19(16)24(30)32;1-2/h2,5-10,12,15,27H,3-4,11,13H2,1H3,(H2,28,29,33);1-2H3. The Labute approximate surface area is 230 Å². The molecule has 2 heterocycles. The van der Waals surface area contributed by atoms with Gasteiger partial charge in [0, 0.05) is 28.4 Å². The fraction of sp³-hybridized carbons (Fsp3) is 0.296. The number of sulfonamides is 1. The topological polar surface area (TPSA) is 125 Å². The first-order chi connectivity index (χ1) is 18.6. The minimum Gasteiger partial charge on any atom is -0.385 e. The maximum atomic E-state index is 15.0. The van der Waals surface area contributed by atoms with Crippen molar-refractivity contribution in [2.75, 3.05) is 22.1 Å². The SMILES string of the molecule is CC.Cc1ccc(S(=O)(=O)NC(=O)Nc2ccc(N3C(=O)Cc4cc(NCC5CC5)ccc4C3=O)c(F)c2)s1. The number of halogens is 1. The predicted octanol–water partition coefficient (Wildman–Crippen LogP) is 5.28. The molecule has 206 valence electrons. The fourth-order valence-electron chi connectivity index (χ4n) is 4.01. The van der Waals surface area contributed by atoms with E-state index in [4.69, 9.17) is 0 Å². The van der Waals surface area contributed by atoms with Crippen LogP contribution in [0.5, 0.6) is 0 Å². The third-order valence-corrected chi connectivity index (χ3v) is 8.90. The van der Waals surface area contributed by atoms with Crippen LogP contribution in [-0.2, 0) is 21.2 Å². The number of hydrogen-bond donors (Lipinski definition) is 3. The molecule has 0 radical (unpaired) electrons. The number of carbonyl (C=O) groups excluding carboxylic acids is 3. The first-order valence-electron chi connectivity index (χ1n) is 12.5. The van der Waals surface area contributed by atoms with Crippen LogP contribution in [0.2, 0.25) is 0 Å². The van der Waals surface area contributed by atoms with Crippen LogP contribution in [-0.4, -0.2) is 32.8 Å². The second-order valence-electron chi connectivity index (χ2n) is 9.00. The molecule has 4 amide bonds. The van der Waals surface area contributed by atoms with Gasteiger partial charge in [-0.05, 0) is 79.8 Å². The van der Waals surface area contributed by atoms with Crippen molar-refractivity contribution in [1.82, 2.24) is 4.72 Å². The molecule has 0 bridgehead atoms. The first-order valence-corrected chi connectivity index (χ1v) is 14.8. The lowest BCUT2D eigenvalue weighted by Crippen LogP contribution is -2.43. The zero-order valence-electron chi connectivity index (χ0n) is 21.7. The monoisotopic (exact) mass is 572 g/mol. The number of benzene rings is 2. The lowest BCUT2D eigenvalue weighted by atomic mass is 9.97. The van der Waals surface area contributed by atoms with Crippen LogP contribution in [0.1, 0.15) is 47.5 Å². The van der Waals surface area contributed by atoms with E-state index in [0.717, 1.165) is 39.4 Å². The minimum atomic E-state index is -4.08. The summed E-state index contributed by atoms with van der Waals surface area (Å²) in [7, 11) is -4.08. The van der Waals surface area contributed by atoms with Gasteiger partial charge in [-0.15, -0.1) is 11.3 Å².